The molecule has 1 saturated heterocycles. The molecule has 21 heavy (non-hydrogen) atoms. The zero-order valence-corrected chi connectivity index (χ0v) is 12.1. The Morgan fingerprint density at radius 3 is 2.76 bits per heavy atom. The Labute approximate surface area is 125 Å². The summed E-state index contributed by atoms with van der Waals surface area (Å²) in [4.78, 5) is 24.7. The number of nitrogens with zero attached hydrogens (tertiary/aromatic N) is 1. The maximum absolute atomic E-state index is 11.8. The van der Waals surface area contributed by atoms with E-state index in [-0.39, 0.29) is 18.4 Å². The first-order valence-electron chi connectivity index (χ1n) is 7.44. The van der Waals surface area contributed by atoms with Gasteiger partial charge in [-0.3, -0.25) is 14.5 Å². The molecule has 1 aromatic rings. The van der Waals surface area contributed by atoms with Crippen molar-refractivity contribution in [2.24, 2.45) is 0 Å². The van der Waals surface area contributed by atoms with Crippen LogP contribution in [0.15, 0.2) is 30.3 Å². The van der Waals surface area contributed by atoms with Crippen LogP contribution in [0.25, 0.3) is 0 Å². The van der Waals surface area contributed by atoms with Gasteiger partial charge in [0.05, 0.1) is 0 Å². The van der Waals surface area contributed by atoms with Gasteiger partial charge in [-0.2, -0.15) is 0 Å². The number of carbonyl (C=O) groups excluding carboxylic acids is 1. The van der Waals surface area contributed by atoms with E-state index in [4.69, 9.17) is 5.11 Å². The maximum Gasteiger partial charge on any atom is 0.303 e. The fourth-order valence-electron chi connectivity index (χ4n) is 2.73. The van der Waals surface area contributed by atoms with E-state index >= 15 is 0 Å². The van der Waals surface area contributed by atoms with Crippen molar-refractivity contribution >= 4 is 11.9 Å². The Bertz CT molecular complexity index is 476. The molecule has 0 spiro atoms. The van der Waals surface area contributed by atoms with Crippen LogP contribution >= 0.6 is 0 Å². The molecule has 5 heteroatoms. The van der Waals surface area contributed by atoms with Gasteiger partial charge in [0.2, 0.25) is 5.91 Å². The summed E-state index contributed by atoms with van der Waals surface area (Å²) in [5.41, 5.74) is 1.15. The highest BCUT2D eigenvalue weighted by Crippen LogP contribution is 2.25. The Balaban J connectivity index is 2.00. The van der Waals surface area contributed by atoms with Crippen LogP contribution in [0, 0.1) is 0 Å². The van der Waals surface area contributed by atoms with Crippen LogP contribution in [0.3, 0.4) is 0 Å². The number of aliphatic carboxylic acids is 1. The third-order valence-corrected chi connectivity index (χ3v) is 3.81. The van der Waals surface area contributed by atoms with E-state index in [0.717, 1.165) is 25.1 Å². The number of amides is 1. The minimum atomic E-state index is -0.748. The summed E-state index contributed by atoms with van der Waals surface area (Å²) in [5, 5.41) is 11.6. The smallest absolute Gasteiger partial charge is 0.303 e. The van der Waals surface area contributed by atoms with Crippen LogP contribution in [0.2, 0.25) is 0 Å². The van der Waals surface area contributed by atoms with E-state index < -0.39 is 5.97 Å². The van der Waals surface area contributed by atoms with Gasteiger partial charge in [0.15, 0.2) is 0 Å². The lowest BCUT2D eigenvalue weighted by Gasteiger charge is -2.29. The van der Waals surface area contributed by atoms with Gasteiger partial charge >= 0.3 is 5.97 Å². The number of rotatable bonds is 6. The number of carboxylic acids is 1. The summed E-state index contributed by atoms with van der Waals surface area (Å²) in [7, 11) is 0. The van der Waals surface area contributed by atoms with E-state index in [1.54, 1.807) is 0 Å². The second-order valence-corrected chi connectivity index (χ2v) is 5.37. The third-order valence-electron chi connectivity index (χ3n) is 3.81. The van der Waals surface area contributed by atoms with Gasteiger partial charge in [0.1, 0.15) is 0 Å². The van der Waals surface area contributed by atoms with Crippen molar-refractivity contribution in [3.05, 3.63) is 35.9 Å². The van der Waals surface area contributed by atoms with Gasteiger partial charge in [-0.05, 0) is 24.9 Å². The number of benzene rings is 1. The molecule has 1 aromatic carbocycles. The first-order chi connectivity index (χ1) is 10.2. The van der Waals surface area contributed by atoms with Crippen LogP contribution in [0.5, 0.6) is 0 Å². The molecule has 1 aliphatic heterocycles. The monoisotopic (exact) mass is 290 g/mol. The zero-order chi connectivity index (χ0) is 15.1. The Hall–Kier alpha value is -1.88. The first-order valence-corrected chi connectivity index (χ1v) is 7.44. The molecule has 0 bridgehead atoms. The van der Waals surface area contributed by atoms with Crippen molar-refractivity contribution in [1.82, 2.24) is 10.2 Å². The molecule has 1 aliphatic rings. The predicted molar refractivity (Wildman–Crippen MR) is 79.9 cm³/mol. The molecule has 1 fully saturated rings. The number of nitrogens with one attached hydrogen (secondary N) is 1. The molecule has 0 saturated carbocycles. The SMILES string of the molecule is O=C(O)CCCCN1CCNC(=O)CC1c1ccccc1. The molecule has 1 unspecified atom stereocenters. The van der Waals surface area contributed by atoms with Crippen LogP contribution in [-0.2, 0) is 9.59 Å². The number of hydrogen-bond donors (Lipinski definition) is 2. The summed E-state index contributed by atoms with van der Waals surface area (Å²) in [6.45, 7) is 2.28. The molecular weight excluding hydrogens is 268 g/mol. The lowest BCUT2D eigenvalue weighted by molar-refractivity contribution is -0.137. The van der Waals surface area contributed by atoms with E-state index in [1.807, 2.05) is 30.3 Å². The Morgan fingerprint density at radius 1 is 1.29 bits per heavy atom. The number of hydrogen-bond acceptors (Lipinski definition) is 3. The van der Waals surface area contributed by atoms with Gasteiger partial charge in [0, 0.05) is 32.0 Å². The standard InChI is InChI=1S/C16H22N2O3/c19-15-12-14(13-6-2-1-3-7-13)18(11-9-17-15)10-5-4-8-16(20)21/h1-3,6-7,14H,4-5,8-12H2,(H,17,19)(H,20,21). The summed E-state index contributed by atoms with van der Waals surface area (Å²) < 4.78 is 0. The van der Waals surface area contributed by atoms with Crippen molar-refractivity contribution in [2.75, 3.05) is 19.6 Å². The maximum atomic E-state index is 11.8. The van der Waals surface area contributed by atoms with E-state index in [1.165, 1.54) is 0 Å². The molecule has 0 radical (unpaired) electrons. The highest BCUT2D eigenvalue weighted by Gasteiger charge is 2.25. The molecule has 2 N–H and O–H groups in total. The number of unbranched alkanes of at least 4 members (excludes halogenated alkanes) is 1. The van der Waals surface area contributed by atoms with Gasteiger partial charge in [-0.25, -0.2) is 0 Å². The minimum absolute atomic E-state index is 0.0805. The second kappa shape index (κ2) is 7.78. The average Bonchev–Trinajstić information content (AvgIpc) is 2.66. The zero-order valence-electron chi connectivity index (χ0n) is 12.1. The van der Waals surface area contributed by atoms with Crippen molar-refractivity contribution < 1.29 is 14.7 Å². The summed E-state index contributed by atoms with van der Waals surface area (Å²) in [5.74, 6) is -0.667. The molecule has 1 amide bonds. The summed E-state index contributed by atoms with van der Waals surface area (Å²) in [6, 6.07) is 10.1. The Kier molecular flexibility index (Phi) is 5.75. The highest BCUT2D eigenvalue weighted by atomic mass is 16.4. The fraction of sp³-hybridized carbons (Fsp3) is 0.500. The minimum Gasteiger partial charge on any atom is -0.481 e. The van der Waals surface area contributed by atoms with E-state index in [0.29, 0.717) is 19.4 Å². The largest absolute Gasteiger partial charge is 0.481 e. The molecule has 0 aliphatic carbocycles. The number of carbonyl (C=O) groups is 2. The van der Waals surface area contributed by atoms with Crippen molar-refractivity contribution in [2.45, 2.75) is 31.7 Å². The quantitative estimate of drug-likeness (QED) is 0.784. The van der Waals surface area contributed by atoms with Gasteiger partial charge in [0.25, 0.3) is 0 Å². The molecule has 5 nitrogen and oxygen atoms in total. The summed E-state index contributed by atoms with van der Waals surface area (Å²) >= 11 is 0. The lowest BCUT2D eigenvalue weighted by atomic mass is 10.0. The van der Waals surface area contributed by atoms with E-state index in [2.05, 4.69) is 10.2 Å². The van der Waals surface area contributed by atoms with Crippen LogP contribution in [-0.4, -0.2) is 41.5 Å². The second-order valence-electron chi connectivity index (χ2n) is 5.37. The van der Waals surface area contributed by atoms with E-state index in [9.17, 15) is 9.59 Å². The molecule has 2 rings (SSSR count). The van der Waals surface area contributed by atoms with Crippen LogP contribution < -0.4 is 5.32 Å². The molecule has 1 atom stereocenters. The fourth-order valence-corrected chi connectivity index (χ4v) is 2.73. The Morgan fingerprint density at radius 2 is 2.05 bits per heavy atom. The third kappa shape index (κ3) is 4.86. The lowest BCUT2D eigenvalue weighted by Crippen LogP contribution is -2.31. The van der Waals surface area contributed by atoms with Crippen LogP contribution in [0.4, 0.5) is 0 Å². The van der Waals surface area contributed by atoms with Gasteiger partial charge < -0.3 is 10.4 Å². The highest BCUT2D eigenvalue weighted by molar-refractivity contribution is 5.77. The van der Waals surface area contributed by atoms with Crippen molar-refractivity contribution in [3.8, 4) is 0 Å². The summed E-state index contributed by atoms with van der Waals surface area (Å²) in [6.07, 6.45) is 2.18. The van der Waals surface area contributed by atoms with Crippen LogP contribution in [0.1, 0.15) is 37.3 Å². The normalized spacial score (nSPS) is 19.8. The predicted octanol–water partition coefficient (Wildman–Crippen LogP) is 1.80. The molecule has 114 valence electrons. The average molecular weight is 290 g/mol. The molecule has 1 heterocycles. The molecular formula is C16H22N2O3. The van der Waals surface area contributed by atoms with Crippen molar-refractivity contribution in [1.29, 1.82) is 0 Å². The van der Waals surface area contributed by atoms with Gasteiger partial charge in [-0.1, -0.05) is 30.3 Å². The van der Waals surface area contributed by atoms with Crippen molar-refractivity contribution in [3.63, 3.8) is 0 Å². The topological polar surface area (TPSA) is 69.6 Å². The van der Waals surface area contributed by atoms with Gasteiger partial charge in [-0.15, -0.1) is 0 Å². The first kappa shape index (κ1) is 15.5. The molecule has 0 aromatic heterocycles. The number of carboxylic acid groups (broad SMARTS) is 1.